The van der Waals surface area contributed by atoms with E-state index in [9.17, 15) is 0 Å². The van der Waals surface area contributed by atoms with Crippen molar-refractivity contribution in [1.29, 1.82) is 0 Å². The van der Waals surface area contributed by atoms with Crippen molar-refractivity contribution in [3.05, 3.63) is 181 Å². The summed E-state index contributed by atoms with van der Waals surface area (Å²) in [6.07, 6.45) is 8.46. The largest absolute Gasteiger partial charge is 0.317 e. The number of nitrogens with zero attached hydrogens (tertiary/aromatic N) is 2. The molecule has 1 aliphatic carbocycles. The van der Waals surface area contributed by atoms with Crippen molar-refractivity contribution in [2.75, 3.05) is 4.90 Å². The van der Waals surface area contributed by atoms with Gasteiger partial charge in [-0.2, -0.15) is 0 Å². The van der Waals surface area contributed by atoms with Crippen LogP contribution in [-0.2, 0) is 5.41 Å². The minimum atomic E-state index is -0.0626. The van der Waals surface area contributed by atoms with Gasteiger partial charge in [0.15, 0.2) is 0 Å². The molecule has 0 fully saturated rings. The van der Waals surface area contributed by atoms with E-state index in [1.165, 1.54) is 60.9 Å². The molecule has 0 amide bonds. The van der Waals surface area contributed by atoms with Crippen LogP contribution in [-0.4, -0.2) is 4.57 Å². The molecule has 0 saturated carbocycles. The van der Waals surface area contributed by atoms with E-state index in [0.29, 0.717) is 0 Å². The van der Waals surface area contributed by atoms with E-state index in [1.807, 2.05) is 0 Å². The molecule has 1 aliphatic heterocycles. The van der Waals surface area contributed by atoms with E-state index in [2.05, 4.69) is 188 Å². The summed E-state index contributed by atoms with van der Waals surface area (Å²) in [4.78, 5) is 2.31. The Labute approximate surface area is 275 Å². The number of hydrogen-bond acceptors (Lipinski definition) is 1. The van der Waals surface area contributed by atoms with Gasteiger partial charge in [0.25, 0.3) is 0 Å². The van der Waals surface area contributed by atoms with Gasteiger partial charge in [0.05, 0.1) is 16.7 Å². The van der Waals surface area contributed by atoms with Gasteiger partial charge in [-0.05, 0) is 99.6 Å². The highest BCUT2D eigenvalue weighted by Gasteiger charge is 2.35. The average Bonchev–Trinajstić information content (AvgIpc) is 3.56. The first-order chi connectivity index (χ1) is 23.0. The lowest BCUT2D eigenvalue weighted by atomic mass is 9.82. The van der Waals surface area contributed by atoms with Crippen LogP contribution in [0.4, 0.5) is 11.4 Å². The smallest absolute Gasteiger partial charge is 0.0541 e. The molecule has 2 heterocycles. The molecule has 0 spiro atoms. The molecule has 224 valence electrons. The Bertz CT molecular complexity index is 2450. The molecule has 2 aliphatic rings. The van der Waals surface area contributed by atoms with Crippen LogP contribution in [0.1, 0.15) is 30.5 Å². The number of anilines is 2. The van der Waals surface area contributed by atoms with E-state index in [-0.39, 0.29) is 5.41 Å². The van der Waals surface area contributed by atoms with Crippen molar-refractivity contribution in [2.45, 2.75) is 19.3 Å². The van der Waals surface area contributed by atoms with Gasteiger partial charge in [0.1, 0.15) is 0 Å². The van der Waals surface area contributed by atoms with Crippen LogP contribution in [0.5, 0.6) is 0 Å². The fraction of sp³-hybridized carbons (Fsp3) is 0.0667. The Balaban J connectivity index is 1.17. The van der Waals surface area contributed by atoms with Gasteiger partial charge < -0.3 is 9.47 Å². The van der Waals surface area contributed by atoms with E-state index >= 15 is 0 Å². The van der Waals surface area contributed by atoms with Gasteiger partial charge in [-0.1, -0.05) is 111 Å². The van der Waals surface area contributed by atoms with E-state index in [4.69, 9.17) is 0 Å². The highest BCUT2D eigenvalue weighted by atomic mass is 15.1. The van der Waals surface area contributed by atoms with Gasteiger partial charge >= 0.3 is 0 Å². The molecule has 47 heavy (non-hydrogen) atoms. The number of allylic oxidation sites excluding steroid dienone is 4. The number of aromatic nitrogens is 1. The molecule has 1 aromatic heterocycles. The highest BCUT2D eigenvalue weighted by Crippen LogP contribution is 2.50. The summed E-state index contributed by atoms with van der Waals surface area (Å²) < 4.78 is 2.36. The minimum Gasteiger partial charge on any atom is -0.317 e. The maximum atomic E-state index is 4.51. The predicted molar refractivity (Wildman–Crippen MR) is 200 cm³/mol. The van der Waals surface area contributed by atoms with Crippen molar-refractivity contribution in [1.82, 2.24) is 4.57 Å². The molecule has 0 unspecified atom stereocenters. The molecule has 0 N–H and O–H groups in total. The van der Waals surface area contributed by atoms with Gasteiger partial charge in [-0.15, -0.1) is 0 Å². The number of benzene rings is 6. The van der Waals surface area contributed by atoms with Crippen molar-refractivity contribution >= 4 is 38.8 Å². The zero-order valence-corrected chi connectivity index (χ0v) is 26.6. The summed E-state index contributed by atoms with van der Waals surface area (Å²) >= 11 is 0. The Hall–Kier alpha value is -5.86. The molecule has 2 nitrogen and oxygen atoms in total. The van der Waals surface area contributed by atoms with Crippen LogP contribution in [0.2, 0.25) is 0 Å². The van der Waals surface area contributed by atoms with Gasteiger partial charge in [0.2, 0.25) is 0 Å². The van der Waals surface area contributed by atoms with Gasteiger partial charge in [-0.3, -0.25) is 0 Å². The third kappa shape index (κ3) is 4.18. The Morgan fingerprint density at radius 3 is 2.15 bits per heavy atom. The van der Waals surface area contributed by atoms with Crippen LogP contribution < -0.4 is 4.90 Å². The maximum Gasteiger partial charge on any atom is 0.0541 e. The first kappa shape index (κ1) is 27.5. The molecule has 0 atom stereocenters. The number of fused-ring (bicyclic) bond motifs is 7. The molecular formula is C45H34N2. The highest BCUT2D eigenvalue weighted by molar-refractivity contribution is 6.10. The maximum absolute atomic E-state index is 4.51. The number of hydrogen-bond donors (Lipinski definition) is 0. The molecule has 0 saturated heterocycles. The van der Waals surface area contributed by atoms with Crippen molar-refractivity contribution in [3.63, 3.8) is 0 Å². The standard InChI is InChI=1S/C45H34N2/c1-30-13-11-12-26-46(34-22-23-36-35-16-7-9-18-40(35)45(2,3)41(36)29-34)42-24-20-31(27-38(30)42)32-21-25-44-39(28-32)37-17-8-10-19-43(37)47(44)33-14-5-4-6-15-33/h4-29H,1H2,2-3H3/b13-11-,26-12-. The minimum absolute atomic E-state index is 0.0626. The van der Waals surface area contributed by atoms with Gasteiger partial charge in [0, 0.05) is 39.3 Å². The second kappa shape index (κ2) is 10.3. The summed E-state index contributed by atoms with van der Waals surface area (Å²) in [6, 6.07) is 48.7. The molecule has 9 rings (SSSR count). The quantitative estimate of drug-likeness (QED) is 0.195. The first-order valence-electron chi connectivity index (χ1n) is 16.3. The summed E-state index contributed by atoms with van der Waals surface area (Å²) in [7, 11) is 0. The first-order valence-corrected chi connectivity index (χ1v) is 16.3. The summed E-state index contributed by atoms with van der Waals surface area (Å²) in [5.41, 5.74) is 15.7. The van der Waals surface area contributed by atoms with Crippen LogP contribution >= 0.6 is 0 Å². The van der Waals surface area contributed by atoms with E-state index in [0.717, 1.165) is 22.5 Å². The van der Waals surface area contributed by atoms with Crippen LogP contribution in [0.15, 0.2) is 164 Å². The topological polar surface area (TPSA) is 8.17 Å². The third-order valence-electron chi connectivity index (χ3n) is 10.1. The molecule has 2 heteroatoms. The fourth-order valence-corrected chi connectivity index (χ4v) is 7.74. The monoisotopic (exact) mass is 602 g/mol. The second-order valence-corrected chi connectivity index (χ2v) is 13.1. The third-order valence-corrected chi connectivity index (χ3v) is 10.1. The van der Waals surface area contributed by atoms with Crippen molar-refractivity contribution in [3.8, 4) is 27.9 Å². The Kier molecular flexibility index (Phi) is 6.04. The predicted octanol–water partition coefficient (Wildman–Crippen LogP) is 12.0. The average molecular weight is 603 g/mol. The van der Waals surface area contributed by atoms with Crippen LogP contribution in [0.3, 0.4) is 0 Å². The van der Waals surface area contributed by atoms with E-state index in [1.54, 1.807) is 0 Å². The zero-order valence-electron chi connectivity index (χ0n) is 26.6. The lowest BCUT2D eigenvalue weighted by molar-refractivity contribution is 0.660. The molecule has 0 radical (unpaired) electrons. The molecule has 7 aromatic rings. The molecule has 0 bridgehead atoms. The van der Waals surface area contributed by atoms with Crippen LogP contribution in [0, 0.1) is 0 Å². The summed E-state index contributed by atoms with van der Waals surface area (Å²) in [5, 5.41) is 2.50. The van der Waals surface area contributed by atoms with Crippen LogP contribution in [0.25, 0.3) is 55.3 Å². The van der Waals surface area contributed by atoms with Crippen molar-refractivity contribution in [2.24, 2.45) is 0 Å². The fourth-order valence-electron chi connectivity index (χ4n) is 7.74. The normalized spacial score (nSPS) is 16.0. The second-order valence-electron chi connectivity index (χ2n) is 13.1. The molecule has 6 aromatic carbocycles. The molecular weight excluding hydrogens is 569 g/mol. The Morgan fingerprint density at radius 2 is 1.26 bits per heavy atom. The Morgan fingerprint density at radius 1 is 0.532 bits per heavy atom. The summed E-state index contributed by atoms with van der Waals surface area (Å²) in [6.45, 7) is 9.18. The van der Waals surface area contributed by atoms with Crippen molar-refractivity contribution < 1.29 is 0 Å². The van der Waals surface area contributed by atoms with Gasteiger partial charge in [-0.25, -0.2) is 0 Å². The van der Waals surface area contributed by atoms with E-state index < -0.39 is 0 Å². The number of rotatable bonds is 3. The lowest BCUT2D eigenvalue weighted by Gasteiger charge is -2.28. The SMILES string of the molecule is C=C1/C=C\C=C/N(c2ccc3c(c2)C(C)(C)c2ccccc2-3)c2ccc(-c3ccc4c(c3)c3ccccc3n4-c3ccccc3)cc21. The number of para-hydroxylation sites is 2. The zero-order chi connectivity index (χ0) is 31.7. The lowest BCUT2D eigenvalue weighted by Crippen LogP contribution is -2.16. The summed E-state index contributed by atoms with van der Waals surface area (Å²) in [5.74, 6) is 0.